The second kappa shape index (κ2) is 6.53. The van der Waals surface area contributed by atoms with Crippen LogP contribution in [0.15, 0.2) is 0 Å². The smallest absolute Gasteiger partial charge is 0.227 e. The second-order valence-corrected chi connectivity index (χ2v) is 6.18. The van der Waals surface area contributed by atoms with Gasteiger partial charge in [-0.25, -0.2) is 0 Å². The van der Waals surface area contributed by atoms with Gasteiger partial charge in [-0.1, -0.05) is 26.7 Å². The first-order valence-electron chi connectivity index (χ1n) is 7.08. The Hall–Kier alpha value is -0.610. The van der Waals surface area contributed by atoms with E-state index in [0.717, 1.165) is 25.7 Å². The van der Waals surface area contributed by atoms with E-state index in [4.69, 9.17) is 5.73 Å². The highest BCUT2D eigenvalue weighted by Gasteiger charge is 2.39. The molecule has 0 bridgehead atoms. The molecule has 4 heteroatoms. The number of nitrogens with two attached hydrogens (primary N) is 1. The Morgan fingerprint density at radius 2 is 1.89 bits per heavy atom. The average Bonchev–Trinajstić information content (AvgIpc) is 2.77. The van der Waals surface area contributed by atoms with Crippen LogP contribution < -0.4 is 11.1 Å². The van der Waals surface area contributed by atoms with Crippen LogP contribution in [0.4, 0.5) is 0 Å². The lowest BCUT2D eigenvalue weighted by Gasteiger charge is -2.31. The molecule has 1 atom stereocenters. The molecule has 0 aromatic heterocycles. The van der Waals surface area contributed by atoms with Crippen LogP contribution in [0.25, 0.3) is 0 Å². The molecule has 106 valence electrons. The van der Waals surface area contributed by atoms with Gasteiger partial charge in [-0.2, -0.15) is 0 Å². The van der Waals surface area contributed by atoms with Gasteiger partial charge < -0.3 is 16.0 Å². The maximum Gasteiger partial charge on any atom is 0.227 e. The minimum absolute atomic E-state index is 0.162. The molecule has 4 nitrogen and oxygen atoms in total. The molecule has 0 aromatic carbocycles. The van der Waals surface area contributed by atoms with Gasteiger partial charge in [0.2, 0.25) is 5.91 Å². The molecule has 1 unspecified atom stereocenters. The van der Waals surface area contributed by atoms with Crippen molar-refractivity contribution in [2.45, 2.75) is 45.6 Å². The molecule has 0 saturated heterocycles. The van der Waals surface area contributed by atoms with Crippen LogP contribution in [0.3, 0.4) is 0 Å². The van der Waals surface area contributed by atoms with Crippen LogP contribution in [0.2, 0.25) is 0 Å². The van der Waals surface area contributed by atoms with Gasteiger partial charge in [0.25, 0.3) is 0 Å². The Labute approximate surface area is 111 Å². The number of hydrogen-bond acceptors (Lipinski definition) is 3. The van der Waals surface area contributed by atoms with Crippen molar-refractivity contribution < 1.29 is 4.79 Å². The molecule has 0 aromatic rings. The Morgan fingerprint density at radius 1 is 1.33 bits per heavy atom. The van der Waals surface area contributed by atoms with E-state index in [9.17, 15) is 4.79 Å². The molecule has 1 rings (SSSR count). The van der Waals surface area contributed by atoms with E-state index in [1.54, 1.807) is 0 Å². The minimum Gasteiger partial charge on any atom is -0.354 e. The maximum absolute atomic E-state index is 12.3. The van der Waals surface area contributed by atoms with E-state index in [0.29, 0.717) is 25.0 Å². The van der Waals surface area contributed by atoms with Crippen LogP contribution in [0.1, 0.15) is 39.5 Å². The molecule has 18 heavy (non-hydrogen) atoms. The van der Waals surface area contributed by atoms with Crippen molar-refractivity contribution in [2.75, 3.05) is 27.2 Å². The highest BCUT2D eigenvalue weighted by Crippen LogP contribution is 2.37. The molecule has 0 radical (unpaired) electrons. The van der Waals surface area contributed by atoms with E-state index in [1.165, 1.54) is 0 Å². The van der Waals surface area contributed by atoms with Crippen LogP contribution in [-0.4, -0.2) is 44.0 Å². The standard InChI is InChI=1S/C14H29N3O/c1-11(2)12(17(3)4)9-16-13(18)14(10-15)7-5-6-8-14/h11-12H,5-10,15H2,1-4H3,(H,16,18). The lowest BCUT2D eigenvalue weighted by molar-refractivity contribution is -0.130. The first kappa shape index (κ1) is 15.4. The first-order valence-corrected chi connectivity index (χ1v) is 7.08. The van der Waals surface area contributed by atoms with Gasteiger partial charge in [-0.15, -0.1) is 0 Å². The van der Waals surface area contributed by atoms with Gasteiger partial charge >= 0.3 is 0 Å². The summed E-state index contributed by atoms with van der Waals surface area (Å²) < 4.78 is 0. The van der Waals surface area contributed by atoms with E-state index >= 15 is 0 Å². The normalized spacial score (nSPS) is 20.4. The Morgan fingerprint density at radius 3 is 2.28 bits per heavy atom. The molecule has 3 N–H and O–H groups in total. The molecule has 1 fully saturated rings. The van der Waals surface area contributed by atoms with Crippen LogP contribution in [0.5, 0.6) is 0 Å². The average molecular weight is 255 g/mol. The number of rotatable bonds is 6. The Kier molecular flexibility index (Phi) is 5.60. The fourth-order valence-corrected chi connectivity index (χ4v) is 2.97. The summed E-state index contributed by atoms with van der Waals surface area (Å²) in [5.41, 5.74) is 5.54. The zero-order valence-electron chi connectivity index (χ0n) is 12.3. The molecular formula is C14H29N3O. The summed E-state index contributed by atoms with van der Waals surface area (Å²) in [6, 6.07) is 0.380. The number of hydrogen-bond donors (Lipinski definition) is 2. The third-order valence-electron chi connectivity index (χ3n) is 4.34. The van der Waals surface area contributed by atoms with Gasteiger partial charge in [0.15, 0.2) is 0 Å². The molecule has 1 aliphatic rings. The predicted octanol–water partition coefficient (Wildman–Crippen LogP) is 1.21. The molecule has 1 amide bonds. The fourth-order valence-electron chi connectivity index (χ4n) is 2.97. The Bertz CT molecular complexity index is 262. The number of carbonyl (C=O) groups excluding carboxylic acids is 1. The largest absolute Gasteiger partial charge is 0.354 e. The summed E-state index contributed by atoms with van der Waals surface area (Å²) in [7, 11) is 4.12. The zero-order valence-corrected chi connectivity index (χ0v) is 12.3. The SMILES string of the molecule is CC(C)C(CNC(=O)C1(CN)CCCC1)N(C)C. The van der Waals surface area contributed by atoms with Crippen molar-refractivity contribution in [1.29, 1.82) is 0 Å². The zero-order chi connectivity index (χ0) is 13.8. The molecule has 0 heterocycles. The molecule has 0 aliphatic heterocycles. The third kappa shape index (κ3) is 3.45. The monoisotopic (exact) mass is 255 g/mol. The number of likely N-dealkylation sites (N-methyl/N-ethyl adjacent to an activating group) is 1. The summed E-state index contributed by atoms with van der Waals surface area (Å²) in [6.07, 6.45) is 4.16. The van der Waals surface area contributed by atoms with Gasteiger partial charge in [0.05, 0.1) is 5.41 Å². The number of nitrogens with one attached hydrogen (secondary N) is 1. The summed E-state index contributed by atoms with van der Waals surface area (Å²) in [6.45, 7) is 5.56. The van der Waals surface area contributed by atoms with Gasteiger partial charge in [0.1, 0.15) is 0 Å². The summed E-state index contributed by atoms with van der Waals surface area (Å²) in [5, 5.41) is 3.12. The quantitative estimate of drug-likeness (QED) is 0.750. The van der Waals surface area contributed by atoms with Crippen LogP contribution in [-0.2, 0) is 4.79 Å². The van der Waals surface area contributed by atoms with E-state index in [1.807, 2.05) is 0 Å². The van der Waals surface area contributed by atoms with Crippen molar-refractivity contribution in [2.24, 2.45) is 17.1 Å². The highest BCUT2D eigenvalue weighted by molar-refractivity contribution is 5.83. The van der Waals surface area contributed by atoms with Crippen molar-refractivity contribution in [3.05, 3.63) is 0 Å². The Balaban J connectivity index is 2.54. The molecule has 1 saturated carbocycles. The van der Waals surface area contributed by atoms with Crippen molar-refractivity contribution in [3.8, 4) is 0 Å². The lowest BCUT2D eigenvalue weighted by Crippen LogP contribution is -2.49. The van der Waals surface area contributed by atoms with Gasteiger partial charge in [-0.05, 0) is 32.9 Å². The lowest BCUT2D eigenvalue weighted by atomic mass is 9.85. The summed E-state index contributed by atoms with van der Waals surface area (Å²) in [4.78, 5) is 14.5. The summed E-state index contributed by atoms with van der Waals surface area (Å²) in [5.74, 6) is 0.688. The van der Waals surface area contributed by atoms with Crippen LogP contribution >= 0.6 is 0 Å². The number of nitrogens with zero attached hydrogens (tertiary/aromatic N) is 1. The van der Waals surface area contributed by atoms with Crippen molar-refractivity contribution in [3.63, 3.8) is 0 Å². The predicted molar refractivity (Wildman–Crippen MR) is 75.3 cm³/mol. The fraction of sp³-hybridized carbons (Fsp3) is 0.929. The second-order valence-electron chi connectivity index (χ2n) is 6.18. The molecular weight excluding hydrogens is 226 g/mol. The topological polar surface area (TPSA) is 58.4 Å². The van der Waals surface area contributed by atoms with Crippen LogP contribution in [0, 0.1) is 11.3 Å². The molecule has 0 spiro atoms. The first-order chi connectivity index (χ1) is 8.43. The van der Waals surface area contributed by atoms with Gasteiger partial charge in [0, 0.05) is 19.1 Å². The maximum atomic E-state index is 12.3. The summed E-state index contributed by atoms with van der Waals surface area (Å²) >= 11 is 0. The highest BCUT2D eigenvalue weighted by atomic mass is 16.2. The number of amides is 1. The van der Waals surface area contributed by atoms with Crippen molar-refractivity contribution in [1.82, 2.24) is 10.2 Å². The van der Waals surface area contributed by atoms with E-state index in [-0.39, 0.29) is 11.3 Å². The van der Waals surface area contributed by atoms with E-state index in [2.05, 4.69) is 38.2 Å². The molecule has 1 aliphatic carbocycles. The van der Waals surface area contributed by atoms with Crippen molar-refractivity contribution >= 4 is 5.91 Å². The number of carbonyl (C=O) groups is 1. The van der Waals surface area contributed by atoms with Gasteiger partial charge in [-0.3, -0.25) is 4.79 Å². The minimum atomic E-state index is -0.284. The van der Waals surface area contributed by atoms with E-state index < -0.39 is 0 Å². The third-order valence-corrected chi connectivity index (χ3v) is 4.34.